The van der Waals surface area contributed by atoms with Gasteiger partial charge in [-0.15, -0.1) is 0 Å². The van der Waals surface area contributed by atoms with Crippen LogP contribution >= 0.6 is 0 Å². The van der Waals surface area contributed by atoms with Crippen molar-refractivity contribution in [2.24, 2.45) is 0 Å². The van der Waals surface area contributed by atoms with E-state index >= 15 is 0 Å². The van der Waals surface area contributed by atoms with Crippen LogP contribution in [0, 0.1) is 0 Å². The second-order valence-corrected chi connectivity index (χ2v) is 6.91. The summed E-state index contributed by atoms with van der Waals surface area (Å²) in [5, 5.41) is 2.57. The van der Waals surface area contributed by atoms with Crippen LogP contribution in [0.1, 0.15) is 22.8 Å². The number of carbonyl (C=O) groups is 3. The van der Waals surface area contributed by atoms with Crippen LogP contribution in [0.3, 0.4) is 0 Å². The molecule has 7 heteroatoms. The van der Waals surface area contributed by atoms with Crippen LogP contribution in [0.25, 0.3) is 0 Å². The third kappa shape index (κ3) is 5.57. The zero-order chi connectivity index (χ0) is 20.6. The molecule has 2 aromatic carbocycles. The minimum atomic E-state index is -0.699. The van der Waals surface area contributed by atoms with E-state index in [1.165, 1.54) is 0 Å². The van der Waals surface area contributed by atoms with Crippen molar-refractivity contribution in [3.8, 4) is 0 Å². The molecule has 3 rings (SSSR count). The molecule has 0 bridgehead atoms. The van der Waals surface area contributed by atoms with Gasteiger partial charge in [-0.3, -0.25) is 9.59 Å². The van der Waals surface area contributed by atoms with E-state index in [1.807, 2.05) is 48.5 Å². The molecule has 2 aromatic rings. The first-order chi connectivity index (χ1) is 14.0. The number of carbonyl (C=O) groups excluding carboxylic acids is 3. The quantitative estimate of drug-likeness (QED) is 0.843. The molecule has 0 aliphatic carbocycles. The fraction of sp³-hybridized carbons (Fsp3) is 0.318. The topological polar surface area (TPSA) is 79.0 Å². The van der Waals surface area contributed by atoms with Crippen LogP contribution in [0.2, 0.25) is 0 Å². The molecule has 7 nitrogen and oxygen atoms in total. The second-order valence-electron chi connectivity index (χ2n) is 6.91. The first kappa shape index (κ1) is 20.4. The highest BCUT2D eigenvalue weighted by molar-refractivity contribution is 5.94. The van der Waals surface area contributed by atoms with Crippen LogP contribution in [-0.2, 0) is 16.1 Å². The van der Waals surface area contributed by atoms with Gasteiger partial charge in [-0.25, -0.2) is 4.79 Å². The van der Waals surface area contributed by atoms with E-state index < -0.39 is 12.1 Å². The van der Waals surface area contributed by atoms with Crippen LogP contribution < -0.4 is 5.32 Å². The van der Waals surface area contributed by atoms with Crippen molar-refractivity contribution >= 4 is 17.9 Å². The molecular weight excluding hydrogens is 370 g/mol. The van der Waals surface area contributed by atoms with Crippen molar-refractivity contribution < 1.29 is 19.1 Å². The normalized spacial score (nSPS) is 14.8. The van der Waals surface area contributed by atoms with Crippen molar-refractivity contribution in [1.29, 1.82) is 0 Å². The summed E-state index contributed by atoms with van der Waals surface area (Å²) in [6.07, 6.45) is -0.632. The van der Waals surface area contributed by atoms with Crippen LogP contribution in [0.15, 0.2) is 60.7 Å². The molecule has 1 fully saturated rings. The molecule has 0 saturated carbocycles. The maximum Gasteiger partial charge on any atom is 0.408 e. The molecule has 0 unspecified atom stereocenters. The standard InChI is InChI=1S/C22H25N3O4/c1-17(23-22(28)29-16-18-8-4-2-5-9-18)20(26)24-12-14-25(15-13-24)21(27)19-10-6-3-7-11-19/h2-11,17H,12-16H2,1H3,(H,23,28)/t17-/m0/s1. The number of nitrogens with zero attached hydrogens (tertiary/aromatic N) is 2. The lowest BCUT2D eigenvalue weighted by molar-refractivity contribution is -0.134. The molecular formula is C22H25N3O4. The van der Waals surface area contributed by atoms with Crippen molar-refractivity contribution in [2.75, 3.05) is 26.2 Å². The number of amides is 3. The van der Waals surface area contributed by atoms with Gasteiger partial charge < -0.3 is 19.9 Å². The minimum absolute atomic E-state index is 0.0339. The molecule has 3 amide bonds. The second kappa shape index (κ2) is 9.73. The molecule has 1 aliphatic heterocycles. The lowest BCUT2D eigenvalue weighted by atomic mass is 10.1. The number of alkyl carbamates (subject to hydrolysis) is 1. The Morgan fingerprint density at radius 2 is 1.45 bits per heavy atom. The Hall–Kier alpha value is -3.35. The summed E-state index contributed by atoms with van der Waals surface area (Å²) in [5.74, 6) is -0.221. The van der Waals surface area contributed by atoms with Crippen LogP contribution in [0.5, 0.6) is 0 Å². The summed E-state index contributed by atoms with van der Waals surface area (Å²) < 4.78 is 5.16. The molecule has 0 aromatic heterocycles. The minimum Gasteiger partial charge on any atom is -0.445 e. The molecule has 1 saturated heterocycles. The van der Waals surface area contributed by atoms with Gasteiger partial charge in [-0.2, -0.15) is 0 Å². The molecule has 1 heterocycles. The lowest BCUT2D eigenvalue weighted by Crippen LogP contribution is -2.55. The fourth-order valence-electron chi connectivity index (χ4n) is 3.17. The Balaban J connectivity index is 1.43. The summed E-state index contributed by atoms with van der Waals surface area (Å²) >= 11 is 0. The molecule has 1 aliphatic rings. The average Bonchev–Trinajstić information content (AvgIpc) is 2.78. The number of hydrogen-bond donors (Lipinski definition) is 1. The van der Waals surface area contributed by atoms with Gasteiger partial charge in [0, 0.05) is 31.7 Å². The Morgan fingerprint density at radius 3 is 2.07 bits per heavy atom. The van der Waals surface area contributed by atoms with Crippen molar-refractivity contribution in [3.05, 3.63) is 71.8 Å². The van der Waals surface area contributed by atoms with Gasteiger partial charge in [-0.05, 0) is 24.6 Å². The van der Waals surface area contributed by atoms with Gasteiger partial charge in [0.1, 0.15) is 12.6 Å². The summed E-state index contributed by atoms with van der Waals surface area (Å²) in [7, 11) is 0. The van der Waals surface area contributed by atoms with Crippen molar-refractivity contribution in [2.45, 2.75) is 19.6 Å². The monoisotopic (exact) mass is 395 g/mol. The molecule has 0 spiro atoms. The molecule has 152 valence electrons. The van der Waals surface area contributed by atoms with E-state index in [9.17, 15) is 14.4 Å². The van der Waals surface area contributed by atoms with Gasteiger partial charge in [0.05, 0.1) is 0 Å². The Kier molecular flexibility index (Phi) is 6.84. The van der Waals surface area contributed by atoms with Gasteiger partial charge in [0.15, 0.2) is 0 Å². The Morgan fingerprint density at radius 1 is 0.897 bits per heavy atom. The van der Waals surface area contributed by atoms with E-state index in [0.29, 0.717) is 31.7 Å². The van der Waals surface area contributed by atoms with E-state index in [4.69, 9.17) is 4.74 Å². The van der Waals surface area contributed by atoms with Gasteiger partial charge >= 0.3 is 6.09 Å². The number of rotatable bonds is 5. The largest absolute Gasteiger partial charge is 0.445 e. The van der Waals surface area contributed by atoms with Crippen molar-refractivity contribution in [1.82, 2.24) is 15.1 Å². The van der Waals surface area contributed by atoms with Crippen molar-refractivity contribution in [3.63, 3.8) is 0 Å². The average molecular weight is 395 g/mol. The van der Waals surface area contributed by atoms with Gasteiger partial charge in [0.25, 0.3) is 5.91 Å². The molecule has 1 N–H and O–H groups in total. The maximum atomic E-state index is 12.6. The van der Waals surface area contributed by atoms with Gasteiger partial charge in [0.2, 0.25) is 5.91 Å². The smallest absolute Gasteiger partial charge is 0.408 e. The number of benzene rings is 2. The first-order valence-electron chi connectivity index (χ1n) is 9.65. The maximum absolute atomic E-state index is 12.6. The summed E-state index contributed by atoms with van der Waals surface area (Å²) in [5.41, 5.74) is 1.52. The van der Waals surface area contributed by atoms with E-state index in [1.54, 1.807) is 28.9 Å². The number of piperazine rings is 1. The van der Waals surface area contributed by atoms with E-state index in [0.717, 1.165) is 5.56 Å². The summed E-state index contributed by atoms with van der Waals surface area (Å²) in [6, 6.07) is 17.7. The zero-order valence-corrected chi connectivity index (χ0v) is 16.4. The summed E-state index contributed by atoms with van der Waals surface area (Å²) in [6.45, 7) is 3.57. The molecule has 0 radical (unpaired) electrons. The third-order valence-corrected chi connectivity index (χ3v) is 4.82. The predicted octanol–water partition coefficient (Wildman–Crippen LogP) is 2.29. The summed E-state index contributed by atoms with van der Waals surface area (Å²) in [4.78, 5) is 40.5. The van der Waals surface area contributed by atoms with Crippen LogP contribution in [0.4, 0.5) is 4.79 Å². The first-order valence-corrected chi connectivity index (χ1v) is 9.65. The zero-order valence-electron chi connectivity index (χ0n) is 16.4. The number of ether oxygens (including phenoxy) is 1. The van der Waals surface area contributed by atoms with E-state index in [2.05, 4.69) is 5.32 Å². The van der Waals surface area contributed by atoms with Gasteiger partial charge in [-0.1, -0.05) is 48.5 Å². The highest BCUT2D eigenvalue weighted by atomic mass is 16.5. The highest BCUT2D eigenvalue weighted by Crippen LogP contribution is 2.10. The van der Waals surface area contributed by atoms with E-state index in [-0.39, 0.29) is 18.4 Å². The van der Waals surface area contributed by atoms with Crippen LogP contribution in [-0.4, -0.2) is 59.9 Å². The fourth-order valence-corrected chi connectivity index (χ4v) is 3.17. The third-order valence-electron chi connectivity index (χ3n) is 4.82. The molecule has 1 atom stereocenters. The predicted molar refractivity (Wildman–Crippen MR) is 108 cm³/mol. The number of nitrogens with one attached hydrogen (secondary N) is 1. The lowest BCUT2D eigenvalue weighted by Gasteiger charge is -2.36. The highest BCUT2D eigenvalue weighted by Gasteiger charge is 2.28. The Bertz CT molecular complexity index is 834. The SMILES string of the molecule is C[C@H](NC(=O)OCc1ccccc1)C(=O)N1CCN(C(=O)c2ccccc2)CC1. The number of hydrogen-bond acceptors (Lipinski definition) is 4. The Labute approximate surface area is 170 Å². The molecule has 29 heavy (non-hydrogen) atoms.